The molecule has 0 aliphatic heterocycles. The Balaban J connectivity index is 1.61. The average Bonchev–Trinajstić information content (AvgIpc) is 2.94. The number of hydrogen-bond acceptors (Lipinski definition) is 4. The number of benzene rings is 2. The lowest BCUT2D eigenvalue weighted by Gasteiger charge is -2.04. The summed E-state index contributed by atoms with van der Waals surface area (Å²) in [5.74, 6) is 0.560. The Morgan fingerprint density at radius 3 is 2.65 bits per heavy atom. The molecule has 0 amide bonds. The second-order valence-electron chi connectivity index (χ2n) is 5.27. The quantitative estimate of drug-likeness (QED) is 0.621. The summed E-state index contributed by atoms with van der Waals surface area (Å²) in [4.78, 5) is 20.5. The molecular weight excluding hydrogens is 308 g/mol. The molecule has 0 saturated heterocycles. The summed E-state index contributed by atoms with van der Waals surface area (Å²) in [6.07, 6.45) is 0. The van der Waals surface area contributed by atoms with Crippen LogP contribution >= 0.6 is 11.3 Å². The van der Waals surface area contributed by atoms with Crippen LogP contribution in [0.2, 0.25) is 0 Å². The van der Waals surface area contributed by atoms with E-state index in [0.717, 1.165) is 20.5 Å². The van der Waals surface area contributed by atoms with Gasteiger partial charge in [-0.25, -0.2) is 4.98 Å². The lowest BCUT2D eigenvalue weighted by atomic mass is 10.2. The first-order chi connectivity index (χ1) is 11.3. The zero-order valence-corrected chi connectivity index (χ0v) is 13.1. The summed E-state index contributed by atoms with van der Waals surface area (Å²) in [5, 5.41) is 1.62. The number of ether oxygens (including phenoxy) is 1. The molecule has 114 valence electrons. The number of rotatable bonds is 4. The van der Waals surface area contributed by atoms with E-state index in [9.17, 15) is 4.79 Å². The highest BCUT2D eigenvalue weighted by Crippen LogP contribution is 2.29. The van der Waals surface area contributed by atoms with Gasteiger partial charge in [-0.3, -0.25) is 4.79 Å². The van der Waals surface area contributed by atoms with E-state index in [1.807, 2.05) is 54.6 Å². The van der Waals surface area contributed by atoms with Gasteiger partial charge < -0.3 is 9.72 Å². The van der Waals surface area contributed by atoms with E-state index in [-0.39, 0.29) is 12.2 Å². The SMILES string of the molecule is O=c1[nH]c(COCc2ccccc2)nc2sc3ccccc3c12. The van der Waals surface area contributed by atoms with Crippen molar-refractivity contribution in [2.75, 3.05) is 0 Å². The summed E-state index contributed by atoms with van der Waals surface area (Å²) in [6, 6.07) is 17.8. The van der Waals surface area contributed by atoms with Crippen LogP contribution in [0.3, 0.4) is 0 Å². The van der Waals surface area contributed by atoms with E-state index < -0.39 is 0 Å². The van der Waals surface area contributed by atoms with Crippen LogP contribution in [0, 0.1) is 0 Å². The van der Waals surface area contributed by atoms with Crippen LogP contribution in [0.25, 0.3) is 20.3 Å². The third-order valence-corrected chi connectivity index (χ3v) is 4.71. The third kappa shape index (κ3) is 2.76. The van der Waals surface area contributed by atoms with Crippen molar-refractivity contribution in [1.82, 2.24) is 9.97 Å². The molecule has 23 heavy (non-hydrogen) atoms. The lowest BCUT2D eigenvalue weighted by Crippen LogP contribution is -2.11. The van der Waals surface area contributed by atoms with Crippen molar-refractivity contribution in [3.63, 3.8) is 0 Å². The fraction of sp³-hybridized carbons (Fsp3) is 0.111. The summed E-state index contributed by atoms with van der Waals surface area (Å²) in [5.41, 5.74) is 0.989. The van der Waals surface area contributed by atoms with Crippen LogP contribution in [-0.2, 0) is 18.0 Å². The standard InChI is InChI=1S/C18H14N2O2S/c21-17-16-13-8-4-5-9-14(13)23-18(16)20-15(19-17)11-22-10-12-6-2-1-3-7-12/h1-9H,10-11H2,(H,19,20,21). The minimum atomic E-state index is -0.106. The zero-order valence-electron chi connectivity index (χ0n) is 12.3. The van der Waals surface area contributed by atoms with E-state index in [1.165, 1.54) is 11.3 Å². The number of nitrogens with zero attached hydrogens (tertiary/aromatic N) is 1. The Morgan fingerprint density at radius 1 is 1.00 bits per heavy atom. The van der Waals surface area contributed by atoms with Crippen LogP contribution in [-0.4, -0.2) is 9.97 Å². The number of hydrogen-bond donors (Lipinski definition) is 1. The molecule has 0 radical (unpaired) electrons. The molecule has 1 N–H and O–H groups in total. The van der Waals surface area contributed by atoms with Gasteiger partial charge in [0, 0.05) is 10.1 Å². The van der Waals surface area contributed by atoms with Gasteiger partial charge in [-0.15, -0.1) is 11.3 Å². The molecule has 0 fully saturated rings. The molecule has 0 bridgehead atoms. The largest absolute Gasteiger partial charge is 0.369 e. The summed E-state index contributed by atoms with van der Waals surface area (Å²) < 4.78 is 6.73. The number of nitrogens with one attached hydrogen (secondary N) is 1. The highest BCUT2D eigenvalue weighted by Gasteiger charge is 2.11. The van der Waals surface area contributed by atoms with E-state index >= 15 is 0 Å². The van der Waals surface area contributed by atoms with Gasteiger partial charge in [0.05, 0.1) is 12.0 Å². The van der Waals surface area contributed by atoms with Crippen molar-refractivity contribution < 1.29 is 4.74 Å². The molecule has 0 saturated carbocycles. The molecule has 0 aliphatic rings. The maximum atomic E-state index is 12.4. The number of aromatic nitrogens is 2. The topological polar surface area (TPSA) is 55.0 Å². The van der Waals surface area contributed by atoms with Gasteiger partial charge in [-0.1, -0.05) is 48.5 Å². The van der Waals surface area contributed by atoms with Crippen molar-refractivity contribution in [2.24, 2.45) is 0 Å². The molecule has 0 atom stereocenters. The highest BCUT2D eigenvalue weighted by atomic mass is 32.1. The first kappa shape index (κ1) is 14.1. The molecule has 5 heteroatoms. The van der Waals surface area contributed by atoms with Gasteiger partial charge in [0.25, 0.3) is 5.56 Å². The van der Waals surface area contributed by atoms with Crippen LogP contribution in [0.4, 0.5) is 0 Å². The third-order valence-electron chi connectivity index (χ3n) is 3.65. The van der Waals surface area contributed by atoms with Crippen LogP contribution in [0.1, 0.15) is 11.4 Å². The summed E-state index contributed by atoms with van der Waals surface area (Å²) in [7, 11) is 0. The van der Waals surface area contributed by atoms with Gasteiger partial charge in [-0.05, 0) is 11.6 Å². The zero-order chi connectivity index (χ0) is 15.6. The van der Waals surface area contributed by atoms with Crippen LogP contribution < -0.4 is 5.56 Å². The molecule has 4 rings (SSSR count). The first-order valence-corrected chi connectivity index (χ1v) is 8.15. The maximum Gasteiger partial charge on any atom is 0.260 e. The minimum absolute atomic E-state index is 0.106. The Morgan fingerprint density at radius 2 is 1.78 bits per heavy atom. The Kier molecular flexibility index (Phi) is 3.65. The smallest absolute Gasteiger partial charge is 0.260 e. The van der Waals surface area contributed by atoms with Gasteiger partial charge in [-0.2, -0.15) is 0 Å². The van der Waals surface area contributed by atoms with E-state index in [1.54, 1.807) is 0 Å². The maximum absolute atomic E-state index is 12.4. The number of thiophene rings is 1. The van der Waals surface area contributed by atoms with E-state index in [2.05, 4.69) is 9.97 Å². The fourth-order valence-electron chi connectivity index (χ4n) is 2.58. The second kappa shape index (κ2) is 5.95. The molecule has 2 aromatic heterocycles. The molecule has 2 aromatic carbocycles. The van der Waals surface area contributed by atoms with Crippen LogP contribution in [0.5, 0.6) is 0 Å². The second-order valence-corrected chi connectivity index (χ2v) is 6.30. The monoisotopic (exact) mass is 322 g/mol. The number of fused-ring (bicyclic) bond motifs is 3. The molecular formula is C18H14N2O2S. The molecule has 4 nitrogen and oxygen atoms in total. The van der Waals surface area contributed by atoms with Gasteiger partial charge in [0.15, 0.2) is 0 Å². The number of H-pyrrole nitrogens is 1. The number of aromatic amines is 1. The van der Waals surface area contributed by atoms with Gasteiger partial charge in [0.1, 0.15) is 17.3 Å². The normalized spacial score (nSPS) is 11.3. The Labute approximate surface area is 136 Å². The van der Waals surface area contributed by atoms with Crippen molar-refractivity contribution >= 4 is 31.6 Å². The first-order valence-electron chi connectivity index (χ1n) is 7.33. The summed E-state index contributed by atoms with van der Waals surface area (Å²) in [6.45, 7) is 0.781. The Hall–Kier alpha value is -2.50. The fourth-order valence-corrected chi connectivity index (χ4v) is 3.68. The molecule has 4 aromatic rings. The average molecular weight is 322 g/mol. The van der Waals surface area contributed by atoms with Crippen molar-refractivity contribution in [1.29, 1.82) is 0 Å². The molecule has 0 aliphatic carbocycles. The molecule has 0 unspecified atom stereocenters. The molecule has 2 heterocycles. The predicted molar refractivity (Wildman–Crippen MR) is 92.7 cm³/mol. The highest BCUT2D eigenvalue weighted by molar-refractivity contribution is 7.25. The van der Waals surface area contributed by atoms with E-state index in [0.29, 0.717) is 17.8 Å². The Bertz CT molecular complexity index is 1020. The van der Waals surface area contributed by atoms with E-state index in [4.69, 9.17) is 4.74 Å². The predicted octanol–water partition coefficient (Wildman–Crippen LogP) is 3.85. The van der Waals surface area contributed by atoms with Crippen molar-refractivity contribution in [2.45, 2.75) is 13.2 Å². The molecule has 0 spiro atoms. The van der Waals surface area contributed by atoms with Crippen molar-refractivity contribution in [3.05, 3.63) is 76.3 Å². The lowest BCUT2D eigenvalue weighted by molar-refractivity contribution is 0.102. The van der Waals surface area contributed by atoms with Gasteiger partial charge >= 0.3 is 0 Å². The van der Waals surface area contributed by atoms with Gasteiger partial charge in [0.2, 0.25) is 0 Å². The minimum Gasteiger partial charge on any atom is -0.369 e. The van der Waals surface area contributed by atoms with Crippen LogP contribution in [0.15, 0.2) is 59.4 Å². The van der Waals surface area contributed by atoms with Crippen molar-refractivity contribution in [3.8, 4) is 0 Å². The summed E-state index contributed by atoms with van der Waals surface area (Å²) >= 11 is 1.53.